The number of nitrogens with zero attached hydrogens (tertiary/aromatic N) is 2. The van der Waals surface area contributed by atoms with Gasteiger partial charge in [0.2, 0.25) is 0 Å². The Morgan fingerprint density at radius 3 is 2.33 bits per heavy atom. The summed E-state index contributed by atoms with van der Waals surface area (Å²) in [4.78, 5) is 14.5. The SMILES string of the molecule is CC(C)CN(C=CC(=O)O)CCN(C)C. The molecule has 1 N–H and O–H groups in total. The molecule has 0 bridgehead atoms. The van der Waals surface area contributed by atoms with Gasteiger partial charge < -0.3 is 14.9 Å². The Labute approximate surface area is 92.2 Å². The normalized spacial score (nSPS) is 11.6. The van der Waals surface area contributed by atoms with Crippen molar-refractivity contribution in [2.45, 2.75) is 13.8 Å². The summed E-state index contributed by atoms with van der Waals surface area (Å²) in [5, 5.41) is 8.55. The molecule has 0 heterocycles. The van der Waals surface area contributed by atoms with Crippen molar-refractivity contribution >= 4 is 5.97 Å². The first-order valence-corrected chi connectivity index (χ1v) is 5.21. The molecule has 0 fully saturated rings. The van der Waals surface area contributed by atoms with Crippen molar-refractivity contribution in [3.8, 4) is 0 Å². The van der Waals surface area contributed by atoms with Gasteiger partial charge in [-0.15, -0.1) is 0 Å². The summed E-state index contributed by atoms with van der Waals surface area (Å²) in [6.45, 7) is 6.91. The second-order valence-electron chi connectivity index (χ2n) is 4.35. The molecule has 88 valence electrons. The summed E-state index contributed by atoms with van der Waals surface area (Å²) in [7, 11) is 4.02. The van der Waals surface area contributed by atoms with Crippen LogP contribution in [-0.2, 0) is 4.79 Å². The number of carboxylic acid groups (broad SMARTS) is 1. The molecule has 0 unspecified atom stereocenters. The molecule has 15 heavy (non-hydrogen) atoms. The number of hydrogen-bond donors (Lipinski definition) is 1. The average molecular weight is 214 g/mol. The second kappa shape index (κ2) is 7.29. The molecule has 0 aromatic rings. The van der Waals surface area contributed by atoms with Crippen LogP contribution in [-0.4, -0.2) is 54.6 Å². The van der Waals surface area contributed by atoms with Gasteiger partial charge in [-0.2, -0.15) is 0 Å². The van der Waals surface area contributed by atoms with Gasteiger partial charge in [-0.25, -0.2) is 4.79 Å². The molecular weight excluding hydrogens is 192 g/mol. The van der Waals surface area contributed by atoms with E-state index < -0.39 is 5.97 Å². The lowest BCUT2D eigenvalue weighted by atomic mass is 10.2. The number of likely N-dealkylation sites (N-methyl/N-ethyl adjacent to an activating group) is 1. The van der Waals surface area contributed by atoms with Gasteiger partial charge in [0.05, 0.1) is 0 Å². The summed E-state index contributed by atoms with van der Waals surface area (Å²) in [6.07, 6.45) is 2.85. The Morgan fingerprint density at radius 1 is 1.33 bits per heavy atom. The van der Waals surface area contributed by atoms with E-state index >= 15 is 0 Å². The maximum atomic E-state index is 10.4. The molecule has 4 nitrogen and oxygen atoms in total. The van der Waals surface area contributed by atoms with Crippen LogP contribution in [0.2, 0.25) is 0 Å². The van der Waals surface area contributed by atoms with Crippen LogP contribution in [0.4, 0.5) is 0 Å². The van der Waals surface area contributed by atoms with E-state index in [0.29, 0.717) is 5.92 Å². The van der Waals surface area contributed by atoms with Gasteiger partial charge in [0.15, 0.2) is 0 Å². The molecule has 0 rings (SSSR count). The van der Waals surface area contributed by atoms with E-state index in [9.17, 15) is 4.79 Å². The van der Waals surface area contributed by atoms with Crippen molar-refractivity contribution in [3.05, 3.63) is 12.3 Å². The minimum absolute atomic E-state index is 0.533. The summed E-state index contributed by atoms with van der Waals surface area (Å²) in [5.74, 6) is -0.362. The van der Waals surface area contributed by atoms with Crippen molar-refractivity contribution < 1.29 is 9.90 Å². The van der Waals surface area contributed by atoms with Gasteiger partial charge in [0.25, 0.3) is 0 Å². The quantitative estimate of drug-likeness (QED) is 0.645. The molecule has 0 atom stereocenters. The molecule has 0 aromatic heterocycles. The van der Waals surface area contributed by atoms with Crippen LogP contribution in [0.3, 0.4) is 0 Å². The standard InChI is InChI=1S/C11H22N2O2/c1-10(2)9-13(6-5-11(14)15)8-7-12(3)4/h5-6,10H,7-9H2,1-4H3,(H,14,15). The monoisotopic (exact) mass is 214 g/mol. The van der Waals surface area contributed by atoms with Crippen LogP contribution in [0.15, 0.2) is 12.3 Å². The highest BCUT2D eigenvalue weighted by Gasteiger charge is 2.03. The zero-order valence-electron chi connectivity index (χ0n) is 10.1. The number of aliphatic carboxylic acids is 1. The van der Waals surface area contributed by atoms with Gasteiger partial charge in [-0.3, -0.25) is 0 Å². The molecule has 0 saturated carbocycles. The topological polar surface area (TPSA) is 43.8 Å². The Kier molecular flexibility index (Phi) is 6.79. The fourth-order valence-electron chi connectivity index (χ4n) is 1.19. The molecule has 0 radical (unpaired) electrons. The smallest absolute Gasteiger partial charge is 0.329 e. The minimum atomic E-state index is -0.895. The van der Waals surface area contributed by atoms with Gasteiger partial charge in [0, 0.05) is 31.9 Å². The summed E-state index contributed by atoms with van der Waals surface area (Å²) < 4.78 is 0. The van der Waals surface area contributed by atoms with Crippen molar-refractivity contribution in [2.24, 2.45) is 5.92 Å². The lowest BCUT2D eigenvalue weighted by Crippen LogP contribution is -2.30. The zero-order chi connectivity index (χ0) is 11.8. The van der Waals surface area contributed by atoms with Crippen LogP contribution in [0, 0.1) is 5.92 Å². The van der Waals surface area contributed by atoms with E-state index in [-0.39, 0.29) is 0 Å². The number of hydrogen-bond acceptors (Lipinski definition) is 3. The summed E-state index contributed by atoms with van der Waals surface area (Å²) in [6, 6.07) is 0. The van der Waals surface area contributed by atoms with Crippen LogP contribution in [0.1, 0.15) is 13.8 Å². The highest BCUT2D eigenvalue weighted by Crippen LogP contribution is 1.99. The van der Waals surface area contributed by atoms with Gasteiger partial charge >= 0.3 is 5.97 Å². The van der Waals surface area contributed by atoms with Crippen molar-refractivity contribution in [1.82, 2.24) is 9.80 Å². The average Bonchev–Trinajstić information content (AvgIpc) is 2.08. The second-order valence-corrected chi connectivity index (χ2v) is 4.35. The highest BCUT2D eigenvalue weighted by atomic mass is 16.4. The van der Waals surface area contributed by atoms with Crippen LogP contribution < -0.4 is 0 Å². The van der Waals surface area contributed by atoms with E-state index in [1.807, 2.05) is 19.0 Å². The van der Waals surface area contributed by atoms with E-state index in [1.54, 1.807) is 6.20 Å². The van der Waals surface area contributed by atoms with Crippen molar-refractivity contribution in [3.63, 3.8) is 0 Å². The number of rotatable bonds is 7. The molecular formula is C11H22N2O2. The first-order valence-electron chi connectivity index (χ1n) is 5.21. The Hall–Kier alpha value is -1.03. The predicted octanol–water partition coefficient (Wildman–Crippen LogP) is 1.10. The predicted molar refractivity (Wildman–Crippen MR) is 61.7 cm³/mol. The first-order chi connectivity index (χ1) is 6.91. The molecule has 0 saturated heterocycles. The lowest BCUT2D eigenvalue weighted by Gasteiger charge is -2.24. The number of carbonyl (C=O) groups is 1. The van der Waals surface area contributed by atoms with E-state index in [2.05, 4.69) is 18.7 Å². The van der Waals surface area contributed by atoms with Crippen LogP contribution in [0.5, 0.6) is 0 Å². The Balaban J connectivity index is 4.12. The third-order valence-electron chi connectivity index (χ3n) is 1.86. The molecule has 0 aliphatic rings. The third-order valence-corrected chi connectivity index (χ3v) is 1.86. The maximum Gasteiger partial charge on any atom is 0.329 e. The van der Waals surface area contributed by atoms with Crippen LogP contribution in [0.25, 0.3) is 0 Å². The molecule has 0 aliphatic heterocycles. The van der Waals surface area contributed by atoms with Crippen LogP contribution >= 0.6 is 0 Å². The number of carboxylic acids is 1. The highest BCUT2D eigenvalue weighted by molar-refractivity contribution is 5.79. The van der Waals surface area contributed by atoms with E-state index in [4.69, 9.17) is 5.11 Å². The van der Waals surface area contributed by atoms with Gasteiger partial charge in [0.1, 0.15) is 0 Å². The first kappa shape index (κ1) is 14.0. The van der Waals surface area contributed by atoms with E-state index in [0.717, 1.165) is 19.6 Å². The largest absolute Gasteiger partial charge is 0.478 e. The van der Waals surface area contributed by atoms with Gasteiger partial charge in [-0.05, 0) is 20.0 Å². The Bertz CT molecular complexity index is 213. The minimum Gasteiger partial charge on any atom is -0.478 e. The summed E-state index contributed by atoms with van der Waals surface area (Å²) in [5.41, 5.74) is 0. The fraction of sp³-hybridized carbons (Fsp3) is 0.727. The van der Waals surface area contributed by atoms with E-state index in [1.165, 1.54) is 6.08 Å². The third kappa shape index (κ3) is 9.28. The zero-order valence-corrected chi connectivity index (χ0v) is 10.1. The maximum absolute atomic E-state index is 10.4. The fourth-order valence-corrected chi connectivity index (χ4v) is 1.19. The molecule has 0 amide bonds. The molecule has 0 aliphatic carbocycles. The van der Waals surface area contributed by atoms with Gasteiger partial charge in [-0.1, -0.05) is 13.8 Å². The van der Waals surface area contributed by atoms with Crippen molar-refractivity contribution in [1.29, 1.82) is 0 Å². The molecule has 0 aromatic carbocycles. The summed E-state index contributed by atoms with van der Waals surface area (Å²) >= 11 is 0. The Morgan fingerprint density at radius 2 is 1.93 bits per heavy atom. The molecule has 4 heteroatoms. The van der Waals surface area contributed by atoms with Crippen molar-refractivity contribution in [2.75, 3.05) is 33.7 Å². The molecule has 0 spiro atoms. The lowest BCUT2D eigenvalue weighted by molar-refractivity contribution is -0.131.